The number of hydrogen-bond donors (Lipinski definition) is 0. The van der Waals surface area contributed by atoms with Crippen LogP contribution in [0.5, 0.6) is 0 Å². The first-order chi connectivity index (χ1) is 9.83. The maximum Gasteiger partial charge on any atom is 0.0811 e. The van der Waals surface area contributed by atoms with Gasteiger partial charge in [0.25, 0.3) is 0 Å². The van der Waals surface area contributed by atoms with Gasteiger partial charge in [-0.25, -0.2) is 0 Å². The lowest BCUT2D eigenvalue weighted by atomic mass is 10.1. The smallest absolute Gasteiger partial charge is 0.0811 e. The van der Waals surface area contributed by atoms with Crippen molar-refractivity contribution in [3.05, 3.63) is 4.91 Å². The van der Waals surface area contributed by atoms with Crippen LogP contribution in [0.25, 0.3) is 0 Å². The summed E-state index contributed by atoms with van der Waals surface area (Å²) in [4.78, 5) is 9.84. The number of nitrogens with zero attached hydrogens (tertiary/aromatic N) is 1. The Kier molecular flexibility index (Phi) is 25.9. The quantitative estimate of drug-likeness (QED) is 0.244. The van der Waals surface area contributed by atoms with Crippen molar-refractivity contribution in [1.29, 1.82) is 0 Å². The largest absolute Gasteiger partial charge is 0.151 e. The van der Waals surface area contributed by atoms with Crippen molar-refractivity contribution in [2.75, 3.05) is 6.54 Å². The zero-order valence-electron chi connectivity index (χ0n) is 14.5. The van der Waals surface area contributed by atoms with Crippen molar-refractivity contribution >= 4 is 0 Å². The molecule has 0 aliphatic heterocycles. The van der Waals surface area contributed by atoms with Gasteiger partial charge in [0.2, 0.25) is 0 Å². The van der Waals surface area contributed by atoms with Crippen LogP contribution in [-0.2, 0) is 0 Å². The molecular weight excluding hydrogens is 246 g/mol. The third kappa shape index (κ3) is 26.2. The van der Waals surface area contributed by atoms with E-state index in [1.165, 1.54) is 83.5 Å². The Bertz CT molecular complexity index is 157. The molecule has 0 saturated carbocycles. The highest BCUT2D eigenvalue weighted by molar-refractivity contribution is 4.49. The van der Waals surface area contributed by atoms with Crippen LogP contribution in [-0.4, -0.2) is 6.54 Å². The van der Waals surface area contributed by atoms with Gasteiger partial charge in [0.1, 0.15) is 0 Å². The summed E-state index contributed by atoms with van der Waals surface area (Å²) in [7, 11) is 0. The molecule has 122 valence electrons. The second kappa shape index (κ2) is 23.7. The maximum atomic E-state index is 9.84. The summed E-state index contributed by atoms with van der Waals surface area (Å²) in [6, 6.07) is 0. The van der Waals surface area contributed by atoms with E-state index in [1.807, 2.05) is 0 Å². The molecule has 0 aliphatic carbocycles. The fourth-order valence-corrected chi connectivity index (χ4v) is 2.02. The number of rotatable bonds is 14. The molecule has 2 heteroatoms. The first-order valence-corrected chi connectivity index (χ1v) is 9.12. The Morgan fingerprint density at radius 1 is 0.500 bits per heavy atom. The van der Waals surface area contributed by atoms with Crippen molar-refractivity contribution < 1.29 is 0 Å². The van der Waals surface area contributed by atoms with Crippen LogP contribution >= 0.6 is 0 Å². The highest BCUT2D eigenvalue weighted by Crippen LogP contribution is 2.11. The van der Waals surface area contributed by atoms with Gasteiger partial charge in [0.15, 0.2) is 0 Å². The van der Waals surface area contributed by atoms with Crippen molar-refractivity contribution in [1.82, 2.24) is 0 Å². The van der Waals surface area contributed by atoms with Crippen molar-refractivity contribution in [2.45, 2.75) is 111 Å². The van der Waals surface area contributed by atoms with E-state index in [9.17, 15) is 4.91 Å². The zero-order valence-corrected chi connectivity index (χ0v) is 14.5. The van der Waals surface area contributed by atoms with Crippen LogP contribution in [0.3, 0.4) is 0 Å². The molecule has 0 aliphatic rings. The molecule has 0 spiro atoms. The summed E-state index contributed by atoms with van der Waals surface area (Å²) in [6.07, 6.45) is 18.7. The molecule has 0 rings (SSSR count). The lowest BCUT2D eigenvalue weighted by molar-refractivity contribution is 0.545. The van der Waals surface area contributed by atoms with E-state index >= 15 is 0 Å². The fraction of sp³-hybridized carbons (Fsp3) is 1.00. The molecule has 0 heterocycles. The molecule has 0 saturated heterocycles. The minimum absolute atomic E-state index is 0.511. The molecule has 0 radical (unpaired) electrons. The molecule has 0 aromatic rings. The van der Waals surface area contributed by atoms with Gasteiger partial charge < -0.3 is 0 Å². The standard InChI is InChI=1S/C14H29NO.C4H10/c1-2-3-4-5-6-7-8-9-10-11-12-13-14-15-16;1-3-4-2/h2-14H2,1H3;3-4H2,1-2H3. The van der Waals surface area contributed by atoms with Gasteiger partial charge in [0, 0.05) is 0 Å². The van der Waals surface area contributed by atoms with Gasteiger partial charge in [-0.05, 0) is 6.42 Å². The molecular formula is C18H39NO. The highest BCUT2D eigenvalue weighted by Gasteiger charge is 1.93. The molecule has 0 N–H and O–H groups in total. The SMILES string of the molecule is CCCC.CCCCCCCCCCCCCCN=O. The van der Waals surface area contributed by atoms with E-state index in [2.05, 4.69) is 25.9 Å². The van der Waals surface area contributed by atoms with Gasteiger partial charge in [-0.15, -0.1) is 0 Å². The summed E-state index contributed by atoms with van der Waals surface area (Å²) in [6.45, 7) is 7.14. The topological polar surface area (TPSA) is 29.4 Å². The van der Waals surface area contributed by atoms with Crippen LogP contribution in [0, 0.1) is 4.91 Å². The Hall–Kier alpha value is -0.400. The summed E-state index contributed by atoms with van der Waals surface area (Å²) in [5.41, 5.74) is 0. The Morgan fingerprint density at radius 3 is 1.15 bits per heavy atom. The van der Waals surface area contributed by atoms with E-state index in [0.717, 1.165) is 6.42 Å². The molecule has 2 nitrogen and oxygen atoms in total. The van der Waals surface area contributed by atoms with E-state index in [0.29, 0.717) is 6.54 Å². The summed E-state index contributed by atoms with van der Waals surface area (Å²) < 4.78 is 0. The van der Waals surface area contributed by atoms with Crippen molar-refractivity contribution in [2.24, 2.45) is 5.18 Å². The van der Waals surface area contributed by atoms with Crippen LogP contribution in [0.4, 0.5) is 0 Å². The Labute approximate surface area is 128 Å². The number of unbranched alkanes of at least 4 members (excludes halogenated alkanes) is 12. The highest BCUT2D eigenvalue weighted by atomic mass is 16.3. The molecule has 0 unspecified atom stereocenters. The Morgan fingerprint density at radius 2 is 0.850 bits per heavy atom. The predicted octanol–water partition coefficient (Wildman–Crippen LogP) is 7.26. The lowest BCUT2D eigenvalue weighted by Crippen LogP contribution is -1.83. The number of hydrogen-bond acceptors (Lipinski definition) is 2. The van der Waals surface area contributed by atoms with E-state index in [4.69, 9.17) is 0 Å². The van der Waals surface area contributed by atoms with Gasteiger partial charge >= 0.3 is 0 Å². The van der Waals surface area contributed by atoms with Gasteiger partial charge in [-0.2, -0.15) is 4.91 Å². The second-order valence-electron chi connectivity index (χ2n) is 5.74. The maximum absolute atomic E-state index is 9.84. The van der Waals surface area contributed by atoms with Crippen LogP contribution in [0.1, 0.15) is 111 Å². The van der Waals surface area contributed by atoms with E-state index in [-0.39, 0.29) is 0 Å². The first kappa shape index (κ1) is 21.9. The summed E-state index contributed by atoms with van der Waals surface area (Å²) >= 11 is 0. The molecule has 0 aromatic heterocycles. The minimum Gasteiger partial charge on any atom is -0.151 e. The van der Waals surface area contributed by atoms with Crippen LogP contribution in [0.15, 0.2) is 5.18 Å². The van der Waals surface area contributed by atoms with Crippen molar-refractivity contribution in [3.63, 3.8) is 0 Å². The van der Waals surface area contributed by atoms with E-state index < -0.39 is 0 Å². The molecule has 20 heavy (non-hydrogen) atoms. The van der Waals surface area contributed by atoms with Gasteiger partial charge in [-0.1, -0.05) is 109 Å². The first-order valence-electron chi connectivity index (χ1n) is 9.12. The third-order valence-electron chi connectivity index (χ3n) is 3.60. The van der Waals surface area contributed by atoms with Gasteiger partial charge in [-0.3, -0.25) is 0 Å². The average Bonchev–Trinajstić information content (AvgIpc) is 2.49. The predicted molar refractivity (Wildman–Crippen MR) is 92.3 cm³/mol. The molecule has 0 bridgehead atoms. The molecule has 0 aromatic carbocycles. The van der Waals surface area contributed by atoms with Crippen LogP contribution < -0.4 is 0 Å². The zero-order chi connectivity index (χ0) is 15.3. The lowest BCUT2D eigenvalue weighted by Gasteiger charge is -2.01. The van der Waals surface area contributed by atoms with Crippen molar-refractivity contribution in [3.8, 4) is 0 Å². The monoisotopic (exact) mass is 285 g/mol. The Balaban J connectivity index is 0. The minimum atomic E-state index is 0.511. The summed E-state index contributed by atoms with van der Waals surface area (Å²) in [5, 5.41) is 2.87. The third-order valence-corrected chi connectivity index (χ3v) is 3.60. The normalized spacial score (nSPS) is 9.95. The fourth-order valence-electron chi connectivity index (χ4n) is 2.02. The van der Waals surface area contributed by atoms with E-state index in [1.54, 1.807) is 0 Å². The summed E-state index contributed by atoms with van der Waals surface area (Å²) in [5.74, 6) is 0. The molecule has 0 amide bonds. The van der Waals surface area contributed by atoms with Gasteiger partial charge in [0.05, 0.1) is 6.54 Å². The average molecular weight is 286 g/mol. The number of nitroso groups, excluding NO2 is 1. The van der Waals surface area contributed by atoms with Crippen LogP contribution in [0.2, 0.25) is 0 Å². The molecule has 0 atom stereocenters. The second-order valence-corrected chi connectivity index (χ2v) is 5.74. The molecule has 0 fully saturated rings.